The van der Waals surface area contributed by atoms with E-state index in [1.54, 1.807) is 11.8 Å². The van der Waals surface area contributed by atoms with Crippen LogP contribution in [0.2, 0.25) is 0 Å². The molecule has 1 aliphatic carbocycles. The van der Waals surface area contributed by atoms with E-state index in [0.717, 1.165) is 6.42 Å². The average molecular weight is 249 g/mol. The Morgan fingerprint density at radius 1 is 1.61 bits per heavy atom. The molecule has 1 saturated heterocycles. The maximum absolute atomic E-state index is 11.9. The van der Waals surface area contributed by atoms with Gasteiger partial charge in [0.05, 0.1) is 6.61 Å². The molecule has 6 nitrogen and oxygen atoms in total. The number of carbonyl (C=O) groups excluding carboxylic acids is 1. The first-order chi connectivity index (χ1) is 8.61. The number of aromatic nitrogens is 2. The monoisotopic (exact) mass is 249 g/mol. The first-order valence-electron chi connectivity index (χ1n) is 6.05. The summed E-state index contributed by atoms with van der Waals surface area (Å²) in [6, 6.07) is 0. The number of carbonyl (C=O) groups is 1. The molecular formula is C12H15N3O3. The number of aryl methyl sites for hydroxylation is 1. The molecule has 0 spiro atoms. The molecule has 0 radical (unpaired) electrons. The molecule has 96 valence electrons. The number of hydrogen-bond donors (Lipinski definition) is 2. The molecule has 0 bridgehead atoms. The van der Waals surface area contributed by atoms with Crippen molar-refractivity contribution in [3.8, 4) is 0 Å². The molecule has 3 unspecified atom stereocenters. The molecule has 6 heteroatoms. The van der Waals surface area contributed by atoms with Crippen molar-refractivity contribution in [1.82, 2.24) is 9.97 Å². The highest BCUT2D eigenvalue weighted by Crippen LogP contribution is 2.46. The highest BCUT2D eigenvalue weighted by atomic mass is 16.3. The SMILES string of the molecule is Cc1nc(N2CC3CC3C2=O)ncc1C(O)CO. The molecule has 3 atom stereocenters. The van der Waals surface area contributed by atoms with E-state index in [2.05, 4.69) is 9.97 Å². The summed E-state index contributed by atoms with van der Waals surface area (Å²) in [7, 11) is 0. The van der Waals surface area contributed by atoms with Crippen LogP contribution < -0.4 is 4.90 Å². The zero-order valence-electron chi connectivity index (χ0n) is 10.1. The van der Waals surface area contributed by atoms with Gasteiger partial charge in [-0.15, -0.1) is 0 Å². The second-order valence-electron chi connectivity index (χ2n) is 4.96. The van der Waals surface area contributed by atoms with Crippen LogP contribution in [0.4, 0.5) is 5.95 Å². The zero-order chi connectivity index (χ0) is 12.9. The van der Waals surface area contributed by atoms with E-state index in [-0.39, 0.29) is 18.4 Å². The van der Waals surface area contributed by atoms with Gasteiger partial charge in [0.15, 0.2) is 0 Å². The Bertz CT molecular complexity index is 505. The van der Waals surface area contributed by atoms with Gasteiger partial charge in [0.2, 0.25) is 11.9 Å². The van der Waals surface area contributed by atoms with Gasteiger partial charge < -0.3 is 10.2 Å². The van der Waals surface area contributed by atoms with Gasteiger partial charge in [0, 0.05) is 29.9 Å². The molecule has 1 aromatic heterocycles. The number of rotatable bonds is 3. The number of nitrogens with zero attached hydrogens (tertiary/aromatic N) is 3. The molecule has 2 heterocycles. The number of aliphatic hydroxyl groups is 2. The standard InChI is InChI=1S/C12H15N3O3/c1-6-9(10(17)5-16)3-13-12(14-6)15-4-7-2-8(7)11(15)18/h3,7-8,10,16-17H,2,4-5H2,1H3. The summed E-state index contributed by atoms with van der Waals surface area (Å²) in [6.45, 7) is 2.07. The minimum atomic E-state index is -0.971. The predicted molar refractivity (Wildman–Crippen MR) is 62.8 cm³/mol. The van der Waals surface area contributed by atoms with Crippen molar-refractivity contribution in [2.45, 2.75) is 19.4 Å². The Morgan fingerprint density at radius 3 is 2.94 bits per heavy atom. The smallest absolute Gasteiger partial charge is 0.232 e. The van der Waals surface area contributed by atoms with Crippen LogP contribution in [0.25, 0.3) is 0 Å². The number of amides is 1. The van der Waals surface area contributed by atoms with Gasteiger partial charge >= 0.3 is 0 Å². The summed E-state index contributed by atoms with van der Waals surface area (Å²) in [4.78, 5) is 21.9. The van der Waals surface area contributed by atoms with Gasteiger partial charge in [-0.1, -0.05) is 0 Å². The van der Waals surface area contributed by atoms with Gasteiger partial charge in [0.1, 0.15) is 6.10 Å². The fourth-order valence-electron chi connectivity index (χ4n) is 2.48. The third kappa shape index (κ3) is 1.69. The molecule has 1 aliphatic heterocycles. The Hall–Kier alpha value is -1.53. The van der Waals surface area contributed by atoms with Gasteiger partial charge in [-0.05, 0) is 19.3 Å². The quantitative estimate of drug-likeness (QED) is 0.774. The summed E-state index contributed by atoms with van der Waals surface area (Å²) >= 11 is 0. The number of piperidine rings is 1. The number of hydrogen-bond acceptors (Lipinski definition) is 5. The number of aliphatic hydroxyl groups excluding tert-OH is 2. The maximum atomic E-state index is 11.9. The van der Waals surface area contributed by atoms with E-state index in [4.69, 9.17) is 5.11 Å². The van der Waals surface area contributed by atoms with E-state index in [1.165, 1.54) is 6.20 Å². The first-order valence-corrected chi connectivity index (χ1v) is 6.05. The molecule has 18 heavy (non-hydrogen) atoms. The lowest BCUT2D eigenvalue weighted by atomic mass is 10.1. The number of fused-ring (bicyclic) bond motifs is 1. The molecule has 1 aromatic rings. The normalized spacial score (nSPS) is 27.3. The van der Waals surface area contributed by atoms with Crippen LogP contribution >= 0.6 is 0 Å². The van der Waals surface area contributed by atoms with Gasteiger partial charge in [-0.25, -0.2) is 9.97 Å². The summed E-state index contributed by atoms with van der Waals surface area (Å²) in [5, 5.41) is 18.5. The summed E-state index contributed by atoms with van der Waals surface area (Å²) in [6.07, 6.45) is 1.51. The Morgan fingerprint density at radius 2 is 2.39 bits per heavy atom. The highest BCUT2D eigenvalue weighted by Gasteiger charge is 2.53. The molecule has 2 fully saturated rings. The number of anilines is 1. The van der Waals surface area contributed by atoms with Crippen LogP contribution in [-0.2, 0) is 4.79 Å². The van der Waals surface area contributed by atoms with Crippen LogP contribution in [0.5, 0.6) is 0 Å². The second kappa shape index (κ2) is 4.00. The third-order valence-corrected chi connectivity index (χ3v) is 3.70. The fourth-order valence-corrected chi connectivity index (χ4v) is 2.48. The van der Waals surface area contributed by atoms with Crippen molar-refractivity contribution >= 4 is 11.9 Å². The van der Waals surface area contributed by atoms with Crippen LogP contribution in [0, 0.1) is 18.8 Å². The predicted octanol–water partition coefficient (Wildman–Crippen LogP) is -0.207. The summed E-state index contributed by atoms with van der Waals surface area (Å²) in [5.41, 5.74) is 1.09. The maximum Gasteiger partial charge on any atom is 0.232 e. The van der Waals surface area contributed by atoms with E-state index >= 15 is 0 Å². The lowest BCUT2D eigenvalue weighted by molar-refractivity contribution is -0.118. The Kier molecular flexibility index (Phi) is 2.57. The second-order valence-corrected chi connectivity index (χ2v) is 4.96. The first kappa shape index (κ1) is 11.6. The van der Waals surface area contributed by atoms with E-state index in [0.29, 0.717) is 29.7 Å². The molecule has 0 aromatic carbocycles. The molecule has 1 saturated carbocycles. The fraction of sp³-hybridized carbons (Fsp3) is 0.583. The van der Waals surface area contributed by atoms with Crippen molar-refractivity contribution in [2.75, 3.05) is 18.1 Å². The molecule has 2 N–H and O–H groups in total. The lowest BCUT2D eigenvalue weighted by Gasteiger charge is -2.18. The Labute approximate surface area is 104 Å². The Balaban J connectivity index is 1.86. The lowest BCUT2D eigenvalue weighted by Crippen LogP contribution is -2.30. The van der Waals surface area contributed by atoms with E-state index in [9.17, 15) is 9.90 Å². The summed E-state index contributed by atoms with van der Waals surface area (Å²) in [5.74, 6) is 1.16. The van der Waals surface area contributed by atoms with Crippen LogP contribution in [0.15, 0.2) is 6.20 Å². The van der Waals surface area contributed by atoms with Crippen molar-refractivity contribution in [3.05, 3.63) is 17.5 Å². The van der Waals surface area contributed by atoms with Crippen molar-refractivity contribution in [1.29, 1.82) is 0 Å². The molecular weight excluding hydrogens is 234 g/mol. The largest absolute Gasteiger partial charge is 0.393 e. The highest BCUT2D eigenvalue weighted by molar-refractivity contribution is 5.98. The van der Waals surface area contributed by atoms with E-state index < -0.39 is 6.10 Å². The molecule has 3 rings (SSSR count). The van der Waals surface area contributed by atoms with Crippen molar-refractivity contribution in [3.63, 3.8) is 0 Å². The minimum Gasteiger partial charge on any atom is -0.393 e. The van der Waals surface area contributed by atoms with Gasteiger partial charge in [0.25, 0.3) is 0 Å². The summed E-state index contributed by atoms with van der Waals surface area (Å²) < 4.78 is 0. The van der Waals surface area contributed by atoms with Crippen LogP contribution in [-0.4, -0.2) is 39.2 Å². The third-order valence-electron chi connectivity index (χ3n) is 3.70. The average Bonchev–Trinajstić information content (AvgIpc) is 3.07. The van der Waals surface area contributed by atoms with Crippen molar-refractivity contribution < 1.29 is 15.0 Å². The van der Waals surface area contributed by atoms with Crippen LogP contribution in [0.3, 0.4) is 0 Å². The minimum absolute atomic E-state index is 0.106. The van der Waals surface area contributed by atoms with Gasteiger partial charge in [-0.3, -0.25) is 9.69 Å². The van der Waals surface area contributed by atoms with Crippen molar-refractivity contribution in [2.24, 2.45) is 11.8 Å². The van der Waals surface area contributed by atoms with Crippen LogP contribution in [0.1, 0.15) is 23.8 Å². The molecule has 1 amide bonds. The zero-order valence-corrected chi connectivity index (χ0v) is 10.1. The topological polar surface area (TPSA) is 86.6 Å². The van der Waals surface area contributed by atoms with E-state index in [1.807, 2.05) is 0 Å². The molecule has 2 aliphatic rings. The van der Waals surface area contributed by atoms with Gasteiger partial charge in [-0.2, -0.15) is 0 Å².